The molecule has 1 aliphatic heterocycles. The third-order valence-corrected chi connectivity index (χ3v) is 4.21. The van der Waals surface area contributed by atoms with Crippen molar-refractivity contribution in [3.05, 3.63) is 23.8 Å². The summed E-state index contributed by atoms with van der Waals surface area (Å²) in [5, 5.41) is 14.0. The third kappa shape index (κ3) is 6.34. The highest BCUT2D eigenvalue weighted by Gasteiger charge is 2.16. The number of nitrogens with zero attached hydrogens (tertiary/aromatic N) is 2. The summed E-state index contributed by atoms with van der Waals surface area (Å²) < 4.78 is 0. The van der Waals surface area contributed by atoms with E-state index in [4.69, 9.17) is 28.7 Å². The van der Waals surface area contributed by atoms with E-state index in [0.717, 1.165) is 23.5 Å². The quantitative estimate of drug-likeness (QED) is 0.446. The van der Waals surface area contributed by atoms with Crippen LogP contribution in [0.4, 0.5) is 0 Å². The van der Waals surface area contributed by atoms with Gasteiger partial charge in [-0.2, -0.15) is 0 Å². The van der Waals surface area contributed by atoms with Gasteiger partial charge in [-0.1, -0.05) is 53.6 Å². The first-order chi connectivity index (χ1) is 10.2. The molecule has 1 aliphatic carbocycles. The minimum atomic E-state index is -0.552. The topological polar surface area (TPSA) is 45.1 Å². The van der Waals surface area contributed by atoms with E-state index in [2.05, 4.69) is 10.1 Å². The fourth-order valence-corrected chi connectivity index (χ4v) is 2.99. The van der Waals surface area contributed by atoms with E-state index in [0.29, 0.717) is 13.0 Å². The fraction of sp³-hybridized carbons (Fsp3) is 0.600. The van der Waals surface area contributed by atoms with Gasteiger partial charge in [0.2, 0.25) is 0 Å². The molecule has 1 fully saturated rings. The average Bonchev–Trinajstić information content (AvgIpc) is 2.48. The molecule has 0 amide bonds. The largest absolute Gasteiger partial charge is 0.392 e. The van der Waals surface area contributed by atoms with Crippen molar-refractivity contribution in [2.24, 2.45) is 5.16 Å². The molecule has 1 saturated heterocycles. The van der Waals surface area contributed by atoms with Crippen molar-refractivity contribution >= 4 is 46.3 Å². The maximum absolute atomic E-state index is 9.95. The zero-order valence-corrected chi connectivity index (χ0v) is 14.8. The number of thiocarbonyl (C=S) groups is 1. The van der Waals surface area contributed by atoms with Crippen molar-refractivity contribution in [2.45, 2.75) is 31.8 Å². The van der Waals surface area contributed by atoms with Gasteiger partial charge in [0, 0.05) is 23.4 Å². The van der Waals surface area contributed by atoms with E-state index in [1.54, 1.807) is 0 Å². The van der Waals surface area contributed by atoms with E-state index >= 15 is 0 Å². The summed E-state index contributed by atoms with van der Waals surface area (Å²) in [5.74, 6) is 0. The number of β-amino-alcohol motifs (C(OH)–C–C–N with tert-alkyl or cyclic N) is 1. The molecule has 0 aromatic carbocycles. The number of hydrogen-bond donors (Lipinski definition) is 1. The summed E-state index contributed by atoms with van der Waals surface area (Å²) in [6, 6.07) is 0. The molecule has 0 spiro atoms. The van der Waals surface area contributed by atoms with Crippen LogP contribution in [0.25, 0.3) is 0 Å². The van der Waals surface area contributed by atoms with Crippen molar-refractivity contribution < 1.29 is 9.94 Å². The van der Waals surface area contributed by atoms with E-state index < -0.39 is 6.10 Å². The van der Waals surface area contributed by atoms with Crippen molar-refractivity contribution in [3.63, 3.8) is 0 Å². The lowest BCUT2D eigenvalue weighted by Gasteiger charge is -2.27. The van der Waals surface area contributed by atoms with Crippen molar-refractivity contribution in [1.29, 1.82) is 0 Å². The second-order valence-corrected chi connectivity index (χ2v) is 6.18. The smallest absolute Gasteiger partial charge is 0.176 e. The number of aliphatic hydroxyl groups is 1. The van der Waals surface area contributed by atoms with Gasteiger partial charge in [-0.05, 0) is 25.9 Å². The van der Waals surface area contributed by atoms with Gasteiger partial charge in [0.1, 0.15) is 12.7 Å². The molecule has 1 unspecified atom stereocenters. The lowest BCUT2D eigenvalue weighted by molar-refractivity contribution is 0.0161. The first-order valence-corrected chi connectivity index (χ1v) is 8.11. The van der Waals surface area contributed by atoms with Crippen molar-refractivity contribution in [3.8, 4) is 0 Å². The molecule has 0 aromatic heterocycles. The number of rotatable bonds is 6. The summed E-state index contributed by atoms with van der Waals surface area (Å²) in [4.78, 5) is 8.16. The normalized spacial score (nSPS) is 21.1. The van der Waals surface area contributed by atoms with Gasteiger partial charge in [0.05, 0.1) is 0 Å². The predicted octanol–water partition coefficient (Wildman–Crippen LogP) is 3.08. The highest BCUT2D eigenvalue weighted by Crippen LogP contribution is 2.14. The van der Waals surface area contributed by atoms with E-state index in [9.17, 15) is 5.11 Å². The van der Waals surface area contributed by atoms with Gasteiger partial charge in [-0.15, -0.1) is 12.4 Å². The Morgan fingerprint density at radius 3 is 2.82 bits per heavy atom. The first-order valence-electron chi connectivity index (χ1n) is 7.33. The Kier molecular flexibility index (Phi) is 9.21. The maximum Gasteiger partial charge on any atom is 0.176 e. The average molecular weight is 365 g/mol. The Morgan fingerprint density at radius 2 is 2.14 bits per heavy atom. The van der Waals surface area contributed by atoms with Crippen LogP contribution in [0.2, 0.25) is 0 Å². The number of oxime groups is 1. The van der Waals surface area contributed by atoms with Crippen LogP contribution in [0.3, 0.4) is 0 Å². The number of allylic oxidation sites excluding steroid dienone is 4. The SMILES string of the molecule is Cl.OC(CON=C(Cl)C1=CC=CCC1=S)CN1CCCCC1. The molecule has 0 saturated carbocycles. The summed E-state index contributed by atoms with van der Waals surface area (Å²) >= 11 is 11.3. The van der Waals surface area contributed by atoms with Crippen LogP contribution in [-0.2, 0) is 4.84 Å². The summed E-state index contributed by atoms with van der Waals surface area (Å²) in [7, 11) is 0. The molecule has 22 heavy (non-hydrogen) atoms. The lowest BCUT2D eigenvalue weighted by Crippen LogP contribution is -2.38. The molecule has 1 heterocycles. The Morgan fingerprint density at radius 1 is 1.41 bits per heavy atom. The number of aliphatic hydroxyl groups excluding tert-OH is 1. The molecule has 124 valence electrons. The molecule has 4 nitrogen and oxygen atoms in total. The molecule has 0 bridgehead atoms. The number of likely N-dealkylation sites (tertiary alicyclic amines) is 1. The molecule has 7 heteroatoms. The minimum absolute atomic E-state index is 0. The fourth-order valence-electron chi connectivity index (χ4n) is 2.45. The summed E-state index contributed by atoms with van der Waals surface area (Å²) in [5.41, 5.74) is 0.722. The van der Waals surface area contributed by atoms with E-state index in [1.807, 2.05) is 18.2 Å². The van der Waals surface area contributed by atoms with E-state index in [1.165, 1.54) is 19.3 Å². The van der Waals surface area contributed by atoms with Gasteiger partial charge in [-0.25, -0.2) is 0 Å². The molecule has 1 N–H and O–H groups in total. The highest BCUT2D eigenvalue weighted by molar-refractivity contribution is 7.81. The number of halogens is 2. The summed E-state index contributed by atoms with van der Waals surface area (Å²) in [6.45, 7) is 2.86. The van der Waals surface area contributed by atoms with Crippen LogP contribution in [-0.4, -0.2) is 52.4 Å². The monoisotopic (exact) mass is 364 g/mol. The van der Waals surface area contributed by atoms with Crippen LogP contribution in [0.5, 0.6) is 0 Å². The van der Waals surface area contributed by atoms with Gasteiger partial charge in [0.25, 0.3) is 0 Å². The van der Waals surface area contributed by atoms with Crippen molar-refractivity contribution in [1.82, 2.24) is 4.90 Å². The molecule has 0 aromatic rings. The second kappa shape index (κ2) is 10.3. The zero-order valence-electron chi connectivity index (χ0n) is 12.4. The Balaban J connectivity index is 0.00000242. The van der Waals surface area contributed by atoms with Crippen LogP contribution < -0.4 is 0 Å². The predicted molar refractivity (Wildman–Crippen MR) is 97.2 cm³/mol. The molecular weight excluding hydrogens is 343 g/mol. The van der Waals surface area contributed by atoms with Gasteiger partial charge in [0.15, 0.2) is 5.17 Å². The molecule has 2 rings (SSSR count). The summed E-state index contributed by atoms with van der Waals surface area (Å²) in [6.07, 6.45) is 9.53. The second-order valence-electron chi connectivity index (χ2n) is 5.33. The van der Waals surface area contributed by atoms with E-state index in [-0.39, 0.29) is 24.2 Å². The third-order valence-electron chi connectivity index (χ3n) is 3.55. The Bertz CT molecular complexity index is 460. The minimum Gasteiger partial charge on any atom is -0.392 e. The van der Waals surface area contributed by atoms with Crippen LogP contribution in [0.15, 0.2) is 29.0 Å². The molecule has 2 aliphatic rings. The van der Waals surface area contributed by atoms with Crippen LogP contribution >= 0.6 is 36.2 Å². The Hall–Kier alpha value is -0.460. The lowest BCUT2D eigenvalue weighted by atomic mass is 10.1. The van der Waals surface area contributed by atoms with Gasteiger partial charge in [-0.3, -0.25) is 0 Å². The van der Waals surface area contributed by atoms with Gasteiger partial charge < -0.3 is 14.8 Å². The first kappa shape index (κ1) is 19.6. The number of piperidine rings is 1. The zero-order chi connectivity index (χ0) is 15.1. The van der Waals surface area contributed by atoms with Crippen molar-refractivity contribution in [2.75, 3.05) is 26.2 Å². The maximum atomic E-state index is 9.95. The number of hydrogen-bond acceptors (Lipinski definition) is 5. The highest BCUT2D eigenvalue weighted by atomic mass is 35.5. The Labute approximate surface area is 148 Å². The standard InChI is InChI=1S/C15H21ClN2O2S.ClH/c16-15(13-6-2-3-7-14(13)21)17-20-11-12(19)10-18-8-4-1-5-9-18;/h2-3,6,12,19H,1,4-5,7-11H2;1H. The van der Waals surface area contributed by atoms with Crippen LogP contribution in [0.1, 0.15) is 25.7 Å². The molecule has 0 radical (unpaired) electrons. The van der Waals surface area contributed by atoms with Gasteiger partial charge >= 0.3 is 0 Å². The molecular formula is C15H22Cl2N2O2S. The molecule has 1 atom stereocenters. The van der Waals surface area contributed by atoms with Crippen LogP contribution in [0, 0.1) is 0 Å².